The van der Waals surface area contributed by atoms with Crippen LogP contribution in [-0.2, 0) is 6.54 Å². The molecule has 0 aromatic carbocycles. The van der Waals surface area contributed by atoms with Gasteiger partial charge in [-0.15, -0.1) is 0 Å². The average molecular weight is 318 g/mol. The van der Waals surface area contributed by atoms with Crippen LogP contribution in [0.4, 0.5) is 5.82 Å². The summed E-state index contributed by atoms with van der Waals surface area (Å²) in [7, 11) is 3.65. The quantitative estimate of drug-likeness (QED) is 0.497. The van der Waals surface area contributed by atoms with Gasteiger partial charge in [0.1, 0.15) is 19.7 Å². The molecule has 9 heteroatoms. The molecule has 0 unspecified atom stereocenters. The molecule has 0 saturated heterocycles. The zero-order valence-corrected chi connectivity index (χ0v) is 13.6. The molecule has 2 N–H and O–H groups in total. The minimum atomic E-state index is -0.0440. The third-order valence-electron chi connectivity index (χ3n) is 3.86. The highest BCUT2D eigenvalue weighted by Gasteiger charge is 2.09. The lowest BCUT2D eigenvalue weighted by atomic mass is 9.88. The highest BCUT2D eigenvalue weighted by atomic mass is 16.1. The van der Waals surface area contributed by atoms with Crippen LogP contribution in [0.15, 0.2) is 48.3 Å². The molecule has 0 atom stereocenters. The van der Waals surface area contributed by atoms with Gasteiger partial charge < -0.3 is 14.8 Å². The van der Waals surface area contributed by atoms with E-state index >= 15 is 0 Å². The van der Waals surface area contributed by atoms with Crippen LogP contribution in [0.3, 0.4) is 0 Å². The van der Waals surface area contributed by atoms with Crippen molar-refractivity contribution in [1.82, 2.24) is 24.4 Å². The Morgan fingerprint density at radius 1 is 1.38 bits per heavy atom. The summed E-state index contributed by atoms with van der Waals surface area (Å²) < 4.78 is 1.63. The summed E-state index contributed by atoms with van der Waals surface area (Å²) in [4.78, 5) is 27.9. The zero-order valence-electron chi connectivity index (χ0n) is 13.6. The molecule has 0 bridgehead atoms. The number of hydrogen-bond acceptors (Lipinski definition) is 5. The van der Waals surface area contributed by atoms with Gasteiger partial charge in [0.05, 0.1) is 12.9 Å². The van der Waals surface area contributed by atoms with E-state index in [0.29, 0.717) is 29.1 Å². The first-order chi connectivity index (χ1) is 11.6. The molecule has 0 radical (unpaired) electrons. The maximum Gasteiger partial charge on any atom is 0.244 e. The Kier molecular flexibility index (Phi) is 4.33. The smallest absolute Gasteiger partial charge is 0.244 e. The second-order valence-electron chi connectivity index (χ2n) is 5.36. The van der Waals surface area contributed by atoms with Crippen molar-refractivity contribution in [2.75, 3.05) is 5.32 Å². The number of rotatable bonds is 5. The number of anilines is 1. The predicted octanol–water partition coefficient (Wildman–Crippen LogP) is -0.317. The van der Waals surface area contributed by atoms with Crippen LogP contribution >= 0.6 is 0 Å². The van der Waals surface area contributed by atoms with Gasteiger partial charge in [-0.2, -0.15) is 0 Å². The summed E-state index contributed by atoms with van der Waals surface area (Å²) in [5.74, 6) is 0.625. The minimum absolute atomic E-state index is 0.0440. The van der Waals surface area contributed by atoms with E-state index in [1.54, 1.807) is 24.9 Å². The molecule has 0 aliphatic rings. The molecular formula is C15H16B2N6O. The van der Waals surface area contributed by atoms with E-state index in [0.717, 1.165) is 11.2 Å². The summed E-state index contributed by atoms with van der Waals surface area (Å²) in [6.07, 6.45) is 6.54. The molecular weight excluding hydrogens is 302 g/mol. The minimum Gasteiger partial charge on any atom is -0.363 e. The Morgan fingerprint density at radius 3 is 3.00 bits per heavy atom. The van der Waals surface area contributed by atoms with Crippen molar-refractivity contribution in [2.24, 2.45) is 0 Å². The fraction of sp³-hybridized carbons (Fsp3) is 0.0667. The zero-order chi connectivity index (χ0) is 17.1. The van der Waals surface area contributed by atoms with Crippen LogP contribution in [0.5, 0.6) is 0 Å². The molecule has 118 valence electrons. The van der Waals surface area contributed by atoms with E-state index in [9.17, 15) is 4.79 Å². The van der Waals surface area contributed by atoms with Gasteiger partial charge >= 0.3 is 0 Å². The molecule has 0 amide bonds. The molecule has 3 aromatic rings. The van der Waals surface area contributed by atoms with E-state index in [4.69, 9.17) is 0 Å². The summed E-state index contributed by atoms with van der Waals surface area (Å²) in [6, 6.07) is 3.76. The van der Waals surface area contributed by atoms with Gasteiger partial charge in [-0.3, -0.25) is 4.79 Å². The summed E-state index contributed by atoms with van der Waals surface area (Å²) >= 11 is 0. The lowest BCUT2D eigenvalue weighted by Crippen LogP contribution is -2.26. The number of fused-ring (bicyclic) bond motifs is 1. The Balaban J connectivity index is 1.87. The van der Waals surface area contributed by atoms with E-state index < -0.39 is 0 Å². The Bertz CT molecular complexity index is 991. The predicted molar refractivity (Wildman–Crippen MR) is 100 cm³/mol. The van der Waals surface area contributed by atoms with Crippen molar-refractivity contribution in [2.45, 2.75) is 6.54 Å². The molecule has 0 aliphatic heterocycles. The standard InChI is InChI=1S/C15H16B2N6O/c1-2-3-11(16)10-5-4-9(23(17)15(10)24)6-18-13-12-14(20-7-19-12)22-8-21-13/h2-5,7-8H,1,6,16-17H2,(H2,18,19,20,21,22)/b11-3+. The van der Waals surface area contributed by atoms with Gasteiger partial charge in [-0.1, -0.05) is 24.2 Å². The second kappa shape index (κ2) is 6.57. The van der Waals surface area contributed by atoms with Crippen molar-refractivity contribution < 1.29 is 0 Å². The lowest BCUT2D eigenvalue weighted by Gasteiger charge is -2.12. The Hall–Kier alpha value is -3.09. The summed E-state index contributed by atoms with van der Waals surface area (Å²) in [5.41, 5.74) is 3.69. The number of aromatic amines is 1. The van der Waals surface area contributed by atoms with Crippen molar-refractivity contribution in [3.8, 4) is 0 Å². The van der Waals surface area contributed by atoms with Gasteiger partial charge in [-0.05, 0) is 12.1 Å². The number of H-pyrrole nitrogens is 1. The number of nitrogens with zero attached hydrogens (tertiary/aromatic N) is 4. The van der Waals surface area contributed by atoms with Gasteiger partial charge in [0.2, 0.25) is 13.5 Å². The number of nitrogens with one attached hydrogen (secondary N) is 2. The molecule has 7 nitrogen and oxygen atoms in total. The maximum atomic E-state index is 12.5. The number of pyridine rings is 1. The lowest BCUT2D eigenvalue weighted by molar-refractivity contribution is 0.951. The third-order valence-corrected chi connectivity index (χ3v) is 3.86. The van der Waals surface area contributed by atoms with Crippen LogP contribution in [0, 0.1) is 0 Å². The first kappa shape index (κ1) is 15.8. The van der Waals surface area contributed by atoms with Gasteiger partial charge in [0.25, 0.3) is 0 Å². The Labute approximate surface area is 140 Å². The normalized spacial score (nSPS) is 11.6. The van der Waals surface area contributed by atoms with E-state index in [1.165, 1.54) is 6.33 Å². The molecule has 3 aromatic heterocycles. The molecule has 0 fully saturated rings. The number of hydrogen-bond donors (Lipinski definition) is 2. The molecule has 0 spiro atoms. The Morgan fingerprint density at radius 2 is 2.21 bits per heavy atom. The first-order valence-electron chi connectivity index (χ1n) is 7.48. The molecule has 24 heavy (non-hydrogen) atoms. The van der Waals surface area contributed by atoms with Crippen LogP contribution < -0.4 is 10.9 Å². The SMILES string of the molecule is B/C(=C/C=C)c1ccc(CNc2ncnc3[nH]cnc23)n(B)c1=O. The largest absolute Gasteiger partial charge is 0.363 e. The van der Waals surface area contributed by atoms with E-state index in [-0.39, 0.29) is 5.56 Å². The third kappa shape index (κ3) is 2.88. The van der Waals surface area contributed by atoms with Crippen molar-refractivity contribution in [3.63, 3.8) is 0 Å². The maximum absolute atomic E-state index is 12.5. The van der Waals surface area contributed by atoms with Crippen molar-refractivity contribution >= 4 is 38.3 Å². The topological polar surface area (TPSA) is 88.5 Å². The summed E-state index contributed by atoms with van der Waals surface area (Å²) in [6.45, 7) is 4.12. The van der Waals surface area contributed by atoms with Crippen LogP contribution in [-0.4, -0.2) is 40.2 Å². The molecule has 3 rings (SSSR count). The van der Waals surface area contributed by atoms with Gasteiger partial charge in [0.15, 0.2) is 11.5 Å². The van der Waals surface area contributed by atoms with E-state index in [2.05, 4.69) is 31.8 Å². The fourth-order valence-corrected chi connectivity index (χ4v) is 2.49. The fourth-order valence-electron chi connectivity index (χ4n) is 2.49. The van der Waals surface area contributed by atoms with Crippen LogP contribution in [0.25, 0.3) is 16.6 Å². The highest BCUT2D eigenvalue weighted by Crippen LogP contribution is 2.15. The average Bonchev–Trinajstić information content (AvgIpc) is 3.05. The monoisotopic (exact) mass is 318 g/mol. The molecule has 0 saturated carbocycles. The van der Waals surface area contributed by atoms with Crippen molar-refractivity contribution in [3.05, 3.63) is 65.1 Å². The van der Waals surface area contributed by atoms with E-state index in [1.807, 2.05) is 26.1 Å². The van der Waals surface area contributed by atoms with Crippen LogP contribution in [0.1, 0.15) is 11.3 Å². The number of aromatic nitrogens is 5. The summed E-state index contributed by atoms with van der Waals surface area (Å²) in [5, 5.41) is 3.21. The highest BCUT2D eigenvalue weighted by molar-refractivity contribution is 6.42. The van der Waals surface area contributed by atoms with Gasteiger partial charge in [0, 0.05) is 11.3 Å². The van der Waals surface area contributed by atoms with Crippen LogP contribution in [0.2, 0.25) is 0 Å². The molecule has 3 heterocycles. The number of imidazole rings is 1. The second-order valence-corrected chi connectivity index (χ2v) is 5.36. The molecule has 0 aliphatic carbocycles. The van der Waals surface area contributed by atoms with Gasteiger partial charge in [-0.25, -0.2) is 15.0 Å². The van der Waals surface area contributed by atoms with Crippen molar-refractivity contribution in [1.29, 1.82) is 0 Å². The number of allylic oxidation sites excluding steroid dienone is 2. The first-order valence-corrected chi connectivity index (χ1v) is 7.48.